The first-order chi connectivity index (χ1) is 11.2. The summed E-state index contributed by atoms with van der Waals surface area (Å²) < 4.78 is 6.02. The van der Waals surface area contributed by atoms with E-state index in [2.05, 4.69) is 4.99 Å². The van der Waals surface area contributed by atoms with Gasteiger partial charge in [-0.2, -0.15) is 0 Å². The van der Waals surface area contributed by atoms with Crippen molar-refractivity contribution in [3.8, 4) is 5.75 Å². The number of nitrogens with zero attached hydrogens (tertiary/aromatic N) is 1. The first kappa shape index (κ1) is 15.9. The molecule has 0 heterocycles. The van der Waals surface area contributed by atoms with E-state index in [-0.39, 0.29) is 6.10 Å². The minimum Gasteiger partial charge on any atom is -0.490 e. The molecule has 1 aliphatic carbocycles. The number of para-hydroxylation sites is 1. The molecule has 0 radical (unpaired) electrons. The number of halogens is 1. The van der Waals surface area contributed by atoms with E-state index < -0.39 is 0 Å². The minimum absolute atomic E-state index is 0.275. The average Bonchev–Trinajstić information content (AvgIpc) is 2.58. The van der Waals surface area contributed by atoms with Crippen LogP contribution in [0.2, 0.25) is 5.02 Å². The summed E-state index contributed by atoms with van der Waals surface area (Å²) in [5.74, 6) is 1.99. The molecule has 1 fully saturated rings. The van der Waals surface area contributed by atoms with E-state index in [1.54, 1.807) is 0 Å². The maximum Gasteiger partial charge on any atom is 0.119 e. The van der Waals surface area contributed by atoms with Gasteiger partial charge in [0.15, 0.2) is 0 Å². The Hall–Kier alpha value is -2.00. The second-order valence-corrected chi connectivity index (χ2v) is 6.35. The van der Waals surface area contributed by atoms with Gasteiger partial charge >= 0.3 is 0 Å². The van der Waals surface area contributed by atoms with Gasteiger partial charge in [0.2, 0.25) is 0 Å². The van der Waals surface area contributed by atoms with Gasteiger partial charge in [0.1, 0.15) is 11.6 Å². The predicted octanol–water partition coefficient (Wildman–Crippen LogP) is 4.97. The molecular formula is C19H21ClN2O. The number of hydrogen-bond acceptors (Lipinski definition) is 2. The van der Waals surface area contributed by atoms with Gasteiger partial charge in [-0.15, -0.1) is 0 Å². The third-order valence-corrected chi connectivity index (χ3v) is 4.48. The van der Waals surface area contributed by atoms with E-state index in [1.165, 1.54) is 0 Å². The average molecular weight is 329 g/mol. The fraction of sp³-hybridized carbons (Fsp3) is 0.316. The van der Waals surface area contributed by atoms with Crippen molar-refractivity contribution in [3.05, 3.63) is 59.6 Å². The Kier molecular flexibility index (Phi) is 5.19. The molecule has 0 spiro atoms. The van der Waals surface area contributed by atoms with Crippen LogP contribution in [0.4, 0.5) is 5.69 Å². The summed E-state index contributed by atoms with van der Waals surface area (Å²) in [7, 11) is 0. The zero-order valence-corrected chi connectivity index (χ0v) is 13.7. The molecule has 2 N–H and O–H groups in total. The van der Waals surface area contributed by atoms with Crippen molar-refractivity contribution in [2.75, 3.05) is 0 Å². The Morgan fingerprint density at radius 2 is 1.61 bits per heavy atom. The number of hydrogen-bond donors (Lipinski definition) is 1. The monoisotopic (exact) mass is 328 g/mol. The molecule has 4 heteroatoms. The Bertz CT molecular complexity index is 647. The van der Waals surface area contributed by atoms with Gasteiger partial charge in [-0.25, -0.2) is 4.99 Å². The van der Waals surface area contributed by atoms with Crippen LogP contribution < -0.4 is 10.5 Å². The maximum atomic E-state index is 6.19. The Morgan fingerprint density at radius 3 is 2.26 bits per heavy atom. The van der Waals surface area contributed by atoms with Crippen molar-refractivity contribution in [1.82, 2.24) is 0 Å². The summed E-state index contributed by atoms with van der Waals surface area (Å²) in [6.07, 6.45) is 4.32. The second-order valence-electron chi connectivity index (χ2n) is 5.92. The van der Waals surface area contributed by atoms with Crippen molar-refractivity contribution < 1.29 is 4.74 Å². The standard InChI is InChI=1S/C19H21ClN2O/c20-15-8-10-16(11-9-15)22-19(21)14-6-12-18(13-7-14)23-17-4-2-1-3-5-17/h1-5,8-11,14,18H,6-7,12-13H2,(H2,21,22). The van der Waals surface area contributed by atoms with Gasteiger partial charge in [-0.3, -0.25) is 0 Å². The number of nitrogens with two attached hydrogens (primary N) is 1. The molecule has 0 bridgehead atoms. The molecule has 0 saturated heterocycles. The van der Waals surface area contributed by atoms with Crippen LogP contribution in [0.5, 0.6) is 5.75 Å². The molecule has 1 saturated carbocycles. The number of aliphatic imine (C=N–C) groups is 1. The van der Waals surface area contributed by atoms with Crippen molar-refractivity contribution in [2.24, 2.45) is 16.6 Å². The SMILES string of the molecule is NC(=Nc1ccc(Cl)cc1)C1CCC(Oc2ccccc2)CC1. The Morgan fingerprint density at radius 1 is 0.957 bits per heavy atom. The Labute approximate surface area is 142 Å². The summed E-state index contributed by atoms with van der Waals surface area (Å²) in [6.45, 7) is 0. The molecule has 1 aliphatic rings. The molecule has 120 valence electrons. The summed E-state index contributed by atoms with van der Waals surface area (Å²) in [6, 6.07) is 17.4. The van der Waals surface area contributed by atoms with Crippen LogP contribution in [-0.4, -0.2) is 11.9 Å². The van der Waals surface area contributed by atoms with Gasteiger partial charge in [0, 0.05) is 10.9 Å². The molecule has 0 unspecified atom stereocenters. The lowest BCUT2D eigenvalue weighted by Crippen LogP contribution is -2.31. The summed E-state index contributed by atoms with van der Waals surface area (Å²) in [4.78, 5) is 4.53. The zero-order valence-electron chi connectivity index (χ0n) is 13.0. The van der Waals surface area contributed by atoms with Crippen LogP contribution >= 0.6 is 11.6 Å². The molecule has 2 aromatic rings. The molecule has 3 rings (SSSR count). The van der Waals surface area contributed by atoms with Crippen LogP contribution in [0.15, 0.2) is 59.6 Å². The van der Waals surface area contributed by atoms with Crippen LogP contribution in [-0.2, 0) is 0 Å². The fourth-order valence-corrected chi connectivity index (χ4v) is 3.05. The van der Waals surface area contributed by atoms with Crippen molar-refractivity contribution in [3.63, 3.8) is 0 Å². The Balaban J connectivity index is 1.55. The first-order valence-corrected chi connectivity index (χ1v) is 8.40. The third-order valence-electron chi connectivity index (χ3n) is 4.22. The summed E-state index contributed by atoms with van der Waals surface area (Å²) in [5, 5.41) is 0.709. The number of amidine groups is 1. The van der Waals surface area contributed by atoms with Crippen molar-refractivity contribution >= 4 is 23.1 Å². The van der Waals surface area contributed by atoms with Crippen LogP contribution in [0.25, 0.3) is 0 Å². The number of rotatable bonds is 4. The molecule has 23 heavy (non-hydrogen) atoms. The molecule has 0 aliphatic heterocycles. The second kappa shape index (κ2) is 7.51. The predicted molar refractivity (Wildman–Crippen MR) is 95.6 cm³/mol. The van der Waals surface area contributed by atoms with Gasteiger partial charge < -0.3 is 10.5 Å². The van der Waals surface area contributed by atoms with Crippen LogP contribution in [0.1, 0.15) is 25.7 Å². The summed E-state index contributed by atoms with van der Waals surface area (Å²) in [5.41, 5.74) is 7.05. The van der Waals surface area contributed by atoms with E-state index in [1.807, 2.05) is 54.6 Å². The quantitative estimate of drug-likeness (QED) is 0.636. The van der Waals surface area contributed by atoms with E-state index in [4.69, 9.17) is 22.1 Å². The van der Waals surface area contributed by atoms with Gasteiger partial charge in [-0.05, 0) is 62.1 Å². The van der Waals surface area contributed by atoms with Gasteiger partial charge in [0.25, 0.3) is 0 Å². The fourth-order valence-electron chi connectivity index (χ4n) is 2.92. The lowest BCUT2D eigenvalue weighted by Gasteiger charge is -2.28. The third kappa shape index (κ3) is 4.49. The lowest BCUT2D eigenvalue weighted by molar-refractivity contribution is 0.144. The van der Waals surface area contributed by atoms with E-state index >= 15 is 0 Å². The molecule has 0 aromatic heterocycles. The highest BCUT2D eigenvalue weighted by Gasteiger charge is 2.24. The maximum absolute atomic E-state index is 6.19. The van der Waals surface area contributed by atoms with E-state index in [0.717, 1.165) is 37.1 Å². The largest absolute Gasteiger partial charge is 0.490 e. The summed E-state index contributed by atoms with van der Waals surface area (Å²) >= 11 is 5.89. The van der Waals surface area contributed by atoms with E-state index in [0.29, 0.717) is 16.8 Å². The zero-order chi connectivity index (χ0) is 16.1. The van der Waals surface area contributed by atoms with E-state index in [9.17, 15) is 0 Å². The lowest BCUT2D eigenvalue weighted by atomic mass is 9.86. The molecule has 0 amide bonds. The first-order valence-electron chi connectivity index (χ1n) is 8.02. The topological polar surface area (TPSA) is 47.6 Å². The smallest absolute Gasteiger partial charge is 0.119 e. The molecule has 3 nitrogen and oxygen atoms in total. The minimum atomic E-state index is 0.275. The highest BCUT2D eigenvalue weighted by Crippen LogP contribution is 2.28. The van der Waals surface area contributed by atoms with Crippen LogP contribution in [0, 0.1) is 5.92 Å². The highest BCUT2D eigenvalue weighted by molar-refractivity contribution is 6.30. The number of benzene rings is 2. The van der Waals surface area contributed by atoms with Crippen molar-refractivity contribution in [1.29, 1.82) is 0 Å². The highest BCUT2D eigenvalue weighted by atomic mass is 35.5. The van der Waals surface area contributed by atoms with Crippen LogP contribution in [0.3, 0.4) is 0 Å². The molecular weight excluding hydrogens is 308 g/mol. The van der Waals surface area contributed by atoms with Crippen molar-refractivity contribution in [2.45, 2.75) is 31.8 Å². The molecule has 0 atom stereocenters. The van der Waals surface area contributed by atoms with Gasteiger partial charge in [-0.1, -0.05) is 29.8 Å². The normalized spacial score (nSPS) is 21.9. The molecule has 2 aromatic carbocycles. The van der Waals surface area contributed by atoms with Gasteiger partial charge in [0.05, 0.1) is 11.8 Å². The number of ether oxygens (including phenoxy) is 1.